The predicted octanol–water partition coefficient (Wildman–Crippen LogP) is 1.40. The lowest BCUT2D eigenvalue weighted by Crippen LogP contribution is -2.61. The van der Waals surface area contributed by atoms with Gasteiger partial charge in [0.1, 0.15) is 5.75 Å². The van der Waals surface area contributed by atoms with E-state index in [4.69, 9.17) is 4.74 Å². The summed E-state index contributed by atoms with van der Waals surface area (Å²) < 4.78 is 30.3. The molecule has 7 heteroatoms. The van der Waals surface area contributed by atoms with E-state index in [0.717, 1.165) is 24.2 Å². The van der Waals surface area contributed by atoms with Crippen molar-refractivity contribution in [3.63, 3.8) is 0 Å². The molecule has 0 spiro atoms. The third-order valence-electron chi connectivity index (χ3n) is 6.21. The van der Waals surface area contributed by atoms with Gasteiger partial charge in [0.05, 0.1) is 17.5 Å². The zero-order valence-electron chi connectivity index (χ0n) is 16.1. The number of carbonyl (C=O) groups is 1. The molecule has 1 aliphatic carbocycles. The Bertz CT molecular complexity index is 834. The van der Waals surface area contributed by atoms with Crippen LogP contribution in [-0.2, 0) is 14.6 Å². The third kappa shape index (κ3) is 3.99. The Hall–Kier alpha value is -1.60. The van der Waals surface area contributed by atoms with Gasteiger partial charge < -0.3 is 9.64 Å². The maximum Gasteiger partial charge on any atom is 0.260 e. The van der Waals surface area contributed by atoms with E-state index in [1.54, 1.807) is 4.90 Å². The van der Waals surface area contributed by atoms with Gasteiger partial charge >= 0.3 is 0 Å². The SMILES string of the molecule is Cc1cccc(OCC(=O)N2CCN(CC3CC3)[C@@H]3CS(=O)(=O)C[C@@H]32)c1C. The van der Waals surface area contributed by atoms with Crippen LogP contribution in [0.3, 0.4) is 0 Å². The summed E-state index contributed by atoms with van der Waals surface area (Å²) in [4.78, 5) is 16.9. The van der Waals surface area contributed by atoms with Gasteiger partial charge in [-0.25, -0.2) is 8.42 Å². The van der Waals surface area contributed by atoms with Crippen molar-refractivity contribution in [1.29, 1.82) is 0 Å². The van der Waals surface area contributed by atoms with E-state index in [-0.39, 0.29) is 36.1 Å². The largest absolute Gasteiger partial charge is 0.483 e. The fraction of sp³-hybridized carbons (Fsp3) is 0.650. The summed E-state index contributed by atoms with van der Waals surface area (Å²) >= 11 is 0. The van der Waals surface area contributed by atoms with E-state index >= 15 is 0 Å². The van der Waals surface area contributed by atoms with E-state index in [2.05, 4.69) is 4.90 Å². The number of carbonyl (C=O) groups excluding carboxylic acids is 1. The number of rotatable bonds is 5. The van der Waals surface area contributed by atoms with E-state index in [9.17, 15) is 13.2 Å². The number of hydrogen-bond acceptors (Lipinski definition) is 5. The van der Waals surface area contributed by atoms with Gasteiger partial charge in [-0.15, -0.1) is 0 Å². The number of fused-ring (bicyclic) bond motifs is 1. The monoisotopic (exact) mass is 392 g/mol. The zero-order chi connectivity index (χ0) is 19.2. The first-order valence-corrected chi connectivity index (χ1v) is 11.6. The number of sulfone groups is 1. The maximum absolute atomic E-state index is 12.9. The molecule has 4 rings (SSSR count). The smallest absolute Gasteiger partial charge is 0.260 e. The molecule has 6 nitrogen and oxygen atoms in total. The maximum atomic E-state index is 12.9. The highest BCUT2D eigenvalue weighted by molar-refractivity contribution is 7.91. The second kappa shape index (κ2) is 7.09. The van der Waals surface area contributed by atoms with Crippen molar-refractivity contribution in [3.8, 4) is 5.75 Å². The normalized spacial score (nSPS) is 27.4. The van der Waals surface area contributed by atoms with Crippen LogP contribution in [0.2, 0.25) is 0 Å². The summed E-state index contributed by atoms with van der Waals surface area (Å²) in [6.07, 6.45) is 2.49. The Morgan fingerprint density at radius 2 is 1.89 bits per heavy atom. The standard InChI is InChI=1S/C20H28N2O4S/c1-14-4-3-5-19(15(14)2)26-11-20(23)22-9-8-21(10-16-6-7-16)17-12-27(24,25)13-18(17)22/h3-5,16-18H,6-13H2,1-2H3/t17-,18+/m1/s1. The molecule has 2 saturated heterocycles. The highest BCUT2D eigenvalue weighted by atomic mass is 32.2. The van der Waals surface area contributed by atoms with Crippen LogP contribution in [-0.4, -0.2) is 74.0 Å². The topological polar surface area (TPSA) is 66.9 Å². The van der Waals surface area contributed by atoms with Crippen molar-refractivity contribution < 1.29 is 17.9 Å². The lowest BCUT2D eigenvalue weighted by molar-refractivity contribution is -0.139. The van der Waals surface area contributed by atoms with Gasteiger partial charge in [-0.2, -0.15) is 0 Å². The second-order valence-electron chi connectivity index (χ2n) is 8.22. The minimum atomic E-state index is -3.10. The van der Waals surface area contributed by atoms with Crippen LogP contribution in [0.5, 0.6) is 5.75 Å². The van der Waals surface area contributed by atoms with Crippen LogP contribution in [0.1, 0.15) is 24.0 Å². The van der Waals surface area contributed by atoms with Crippen molar-refractivity contribution in [2.24, 2.45) is 5.92 Å². The first kappa shape index (κ1) is 18.7. The van der Waals surface area contributed by atoms with Gasteiger partial charge in [-0.1, -0.05) is 12.1 Å². The van der Waals surface area contributed by atoms with Crippen LogP contribution < -0.4 is 4.74 Å². The lowest BCUT2D eigenvalue weighted by atomic mass is 10.0. The van der Waals surface area contributed by atoms with E-state index in [1.165, 1.54) is 12.8 Å². The summed E-state index contributed by atoms with van der Waals surface area (Å²) in [5.74, 6) is 1.56. The molecule has 0 bridgehead atoms. The van der Waals surface area contributed by atoms with Crippen molar-refractivity contribution in [1.82, 2.24) is 9.80 Å². The van der Waals surface area contributed by atoms with Crippen LogP contribution in [0.15, 0.2) is 18.2 Å². The molecule has 3 aliphatic rings. The molecular formula is C20H28N2O4S. The van der Waals surface area contributed by atoms with E-state index in [1.807, 2.05) is 32.0 Å². The minimum absolute atomic E-state index is 0.0455. The average Bonchev–Trinajstić information content (AvgIpc) is 3.36. The lowest BCUT2D eigenvalue weighted by Gasteiger charge is -2.44. The van der Waals surface area contributed by atoms with Crippen LogP contribution in [0, 0.1) is 19.8 Å². The first-order chi connectivity index (χ1) is 12.8. The fourth-order valence-electron chi connectivity index (χ4n) is 4.30. The third-order valence-corrected chi connectivity index (χ3v) is 7.91. The fourth-order valence-corrected chi connectivity index (χ4v) is 6.31. The molecule has 0 aromatic heterocycles. The predicted molar refractivity (Wildman–Crippen MR) is 104 cm³/mol. The number of hydrogen-bond donors (Lipinski definition) is 0. The summed E-state index contributed by atoms with van der Waals surface area (Å²) in [7, 11) is -3.10. The number of benzene rings is 1. The summed E-state index contributed by atoms with van der Waals surface area (Å²) in [5.41, 5.74) is 2.15. The Morgan fingerprint density at radius 1 is 1.15 bits per heavy atom. The molecule has 1 saturated carbocycles. The quantitative estimate of drug-likeness (QED) is 0.758. The van der Waals surface area contributed by atoms with E-state index in [0.29, 0.717) is 18.2 Å². The van der Waals surface area contributed by atoms with Gasteiger partial charge in [-0.05, 0) is 49.8 Å². The molecule has 148 valence electrons. The Morgan fingerprint density at radius 3 is 2.63 bits per heavy atom. The Balaban J connectivity index is 1.44. The van der Waals surface area contributed by atoms with Crippen molar-refractivity contribution in [2.75, 3.05) is 37.7 Å². The highest BCUT2D eigenvalue weighted by Gasteiger charge is 2.48. The Kier molecular flexibility index (Phi) is 4.93. The van der Waals surface area contributed by atoms with Gasteiger partial charge in [0.15, 0.2) is 16.4 Å². The Labute approximate surface area is 161 Å². The number of ether oxygens (including phenoxy) is 1. The molecule has 2 atom stereocenters. The van der Waals surface area contributed by atoms with Crippen LogP contribution in [0.25, 0.3) is 0 Å². The molecule has 1 amide bonds. The average molecular weight is 393 g/mol. The number of piperazine rings is 1. The highest BCUT2D eigenvalue weighted by Crippen LogP contribution is 2.34. The molecule has 0 N–H and O–H groups in total. The summed E-state index contributed by atoms with van der Waals surface area (Å²) in [5, 5.41) is 0. The molecule has 0 unspecified atom stereocenters. The van der Waals surface area contributed by atoms with Gasteiger partial charge in [0.25, 0.3) is 5.91 Å². The molecule has 0 radical (unpaired) electrons. The molecule has 3 fully saturated rings. The molecule has 2 aliphatic heterocycles. The molecule has 1 aromatic carbocycles. The van der Waals surface area contributed by atoms with Gasteiger partial charge in [0.2, 0.25) is 0 Å². The zero-order valence-corrected chi connectivity index (χ0v) is 16.9. The van der Waals surface area contributed by atoms with E-state index < -0.39 is 9.84 Å². The van der Waals surface area contributed by atoms with Gasteiger partial charge in [-0.3, -0.25) is 9.69 Å². The van der Waals surface area contributed by atoms with Crippen molar-refractivity contribution in [2.45, 2.75) is 38.8 Å². The second-order valence-corrected chi connectivity index (χ2v) is 10.4. The van der Waals surface area contributed by atoms with Crippen LogP contribution >= 0.6 is 0 Å². The molecule has 2 heterocycles. The molecule has 27 heavy (non-hydrogen) atoms. The van der Waals surface area contributed by atoms with Crippen molar-refractivity contribution in [3.05, 3.63) is 29.3 Å². The summed E-state index contributed by atoms with van der Waals surface area (Å²) in [6.45, 7) is 6.25. The molecule has 1 aromatic rings. The number of nitrogens with zero attached hydrogens (tertiary/aromatic N) is 2. The minimum Gasteiger partial charge on any atom is -0.483 e. The van der Waals surface area contributed by atoms with Crippen LogP contribution in [0.4, 0.5) is 0 Å². The first-order valence-electron chi connectivity index (χ1n) is 9.77. The van der Waals surface area contributed by atoms with Gasteiger partial charge in [0, 0.05) is 25.7 Å². The number of aryl methyl sites for hydroxylation is 1. The van der Waals surface area contributed by atoms with Crippen molar-refractivity contribution >= 4 is 15.7 Å². The number of amides is 1. The molecular weight excluding hydrogens is 364 g/mol. The summed E-state index contributed by atoms with van der Waals surface area (Å²) in [6, 6.07) is 5.49.